The molecule has 6 N–H and O–H groups in total. The second-order valence-electron chi connectivity index (χ2n) is 5.43. The predicted octanol–water partition coefficient (Wildman–Crippen LogP) is -1.25. The minimum Gasteiger partial charge on any atom is -0.387 e. The first-order valence-corrected chi connectivity index (χ1v) is 7.45. The van der Waals surface area contributed by atoms with Crippen molar-refractivity contribution in [3.8, 4) is 0 Å². The third-order valence-corrected chi connectivity index (χ3v) is 3.81. The molecule has 0 aromatic carbocycles. The predicted molar refractivity (Wildman–Crippen MR) is 83.9 cm³/mol. The standard InChI is InChI=1S/C13H19N7O4/c1-3-15-10-6-11(18-13(17-10)19-14)20(4-16-6)12-8(23)7(22)9(24-12)5(2)21/h4,7-9,12,22-23H,3,14H2,1-2H3,(H2,15,17,18,19)/t7-,8+,9+,12+/m0/s1. The molecule has 1 fully saturated rings. The largest absolute Gasteiger partial charge is 0.387 e. The van der Waals surface area contributed by atoms with Crippen molar-refractivity contribution in [3.05, 3.63) is 6.33 Å². The molecule has 11 heteroatoms. The number of ketones is 1. The van der Waals surface area contributed by atoms with Crippen LogP contribution in [0.4, 0.5) is 11.8 Å². The van der Waals surface area contributed by atoms with E-state index in [1.54, 1.807) is 0 Å². The summed E-state index contributed by atoms with van der Waals surface area (Å²) in [6.45, 7) is 3.80. The molecule has 3 heterocycles. The summed E-state index contributed by atoms with van der Waals surface area (Å²) >= 11 is 0. The molecule has 2 aromatic heterocycles. The summed E-state index contributed by atoms with van der Waals surface area (Å²) in [6, 6.07) is 0. The molecular formula is C13H19N7O4. The van der Waals surface area contributed by atoms with Crippen LogP contribution in [0.1, 0.15) is 20.1 Å². The first kappa shape index (κ1) is 16.5. The highest BCUT2D eigenvalue weighted by Crippen LogP contribution is 2.33. The molecule has 0 unspecified atom stereocenters. The number of ether oxygens (including phenoxy) is 1. The van der Waals surface area contributed by atoms with E-state index in [4.69, 9.17) is 10.6 Å². The summed E-state index contributed by atoms with van der Waals surface area (Å²) in [6.07, 6.45) is -3.34. The van der Waals surface area contributed by atoms with E-state index in [1.807, 2.05) is 6.92 Å². The SMILES string of the molecule is CCNc1nc(NN)nc2c1ncn2[C@@H]1O[C@H](C(C)=O)[C@@H](O)[C@H]1O. The van der Waals surface area contributed by atoms with Gasteiger partial charge in [0.2, 0.25) is 5.95 Å². The van der Waals surface area contributed by atoms with Crippen LogP contribution in [-0.4, -0.2) is 60.4 Å². The monoisotopic (exact) mass is 337 g/mol. The fourth-order valence-corrected chi connectivity index (χ4v) is 2.68. The van der Waals surface area contributed by atoms with Crippen LogP contribution in [0.15, 0.2) is 6.33 Å². The number of nitrogen functional groups attached to an aromatic ring is 1. The van der Waals surface area contributed by atoms with E-state index in [-0.39, 0.29) is 11.7 Å². The van der Waals surface area contributed by atoms with Gasteiger partial charge in [-0.1, -0.05) is 0 Å². The van der Waals surface area contributed by atoms with Crippen molar-refractivity contribution < 1.29 is 19.7 Å². The lowest BCUT2D eigenvalue weighted by molar-refractivity contribution is -0.133. The molecule has 1 aliphatic rings. The maximum atomic E-state index is 11.5. The normalized spacial score (nSPS) is 26.7. The van der Waals surface area contributed by atoms with E-state index in [0.29, 0.717) is 23.5 Å². The number of nitrogens with one attached hydrogen (secondary N) is 2. The number of carbonyl (C=O) groups is 1. The van der Waals surface area contributed by atoms with Gasteiger partial charge in [-0.2, -0.15) is 9.97 Å². The average Bonchev–Trinajstić information content (AvgIpc) is 3.10. The molecule has 1 saturated heterocycles. The number of aromatic nitrogens is 4. The molecule has 0 bridgehead atoms. The van der Waals surface area contributed by atoms with Gasteiger partial charge < -0.3 is 20.3 Å². The van der Waals surface area contributed by atoms with Crippen LogP contribution < -0.4 is 16.6 Å². The van der Waals surface area contributed by atoms with E-state index in [2.05, 4.69) is 25.7 Å². The van der Waals surface area contributed by atoms with E-state index in [9.17, 15) is 15.0 Å². The summed E-state index contributed by atoms with van der Waals surface area (Å²) in [5, 5.41) is 23.3. The Morgan fingerprint density at radius 1 is 1.42 bits per heavy atom. The van der Waals surface area contributed by atoms with Gasteiger partial charge in [0.25, 0.3) is 0 Å². The summed E-state index contributed by atoms with van der Waals surface area (Å²) in [7, 11) is 0. The van der Waals surface area contributed by atoms with Crippen molar-refractivity contribution in [3.63, 3.8) is 0 Å². The Bertz CT molecular complexity index is 764. The Hall–Kier alpha value is -2.34. The van der Waals surface area contributed by atoms with Crippen molar-refractivity contribution in [1.29, 1.82) is 0 Å². The van der Waals surface area contributed by atoms with Crippen LogP contribution in [0.2, 0.25) is 0 Å². The molecule has 1 aliphatic heterocycles. The van der Waals surface area contributed by atoms with Gasteiger partial charge in [-0.3, -0.25) is 14.8 Å². The van der Waals surface area contributed by atoms with Gasteiger partial charge >= 0.3 is 0 Å². The number of Topliss-reactive ketones (excluding diaryl/α,β-unsaturated/α-hetero) is 1. The zero-order chi connectivity index (χ0) is 17.4. The maximum Gasteiger partial charge on any atom is 0.241 e. The molecule has 0 aliphatic carbocycles. The molecule has 24 heavy (non-hydrogen) atoms. The first-order valence-electron chi connectivity index (χ1n) is 7.45. The fourth-order valence-electron chi connectivity index (χ4n) is 2.68. The van der Waals surface area contributed by atoms with Crippen molar-refractivity contribution >= 4 is 28.7 Å². The minimum absolute atomic E-state index is 0.149. The van der Waals surface area contributed by atoms with Crippen LogP contribution in [-0.2, 0) is 9.53 Å². The molecule has 0 radical (unpaired) electrons. The van der Waals surface area contributed by atoms with Gasteiger partial charge in [-0.15, -0.1) is 0 Å². The number of hydrazine groups is 1. The average molecular weight is 337 g/mol. The van der Waals surface area contributed by atoms with Crippen LogP contribution in [0.5, 0.6) is 0 Å². The number of fused-ring (bicyclic) bond motifs is 1. The summed E-state index contributed by atoms with van der Waals surface area (Å²) in [4.78, 5) is 24.2. The van der Waals surface area contributed by atoms with Gasteiger partial charge in [0, 0.05) is 6.54 Å². The van der Waals surface area contributed by atoms with Crippen LogP contribution in [0.3, 0.4) is 0 Å². The number of aliphatic hydroxyl groups is 2. The third kappa shape index (κ3) is 2.57. The number of hydrogen-bond donors (Lipinski definition) is 5. The Morgan fingerprint density at radius 3 is 2.75 bits per heavy atom. The van der Waals surface area contributed by atoms with Crippen LogP contribution >= 0.6 is 0 Å². The van der Waals surface area contributed by atoms with Crippen LogP contribution in [0.25, 0.3) is 11.2 Å². The summed E-state index contributed by atoms with van der Waals surface area (Å²) in [5.41, 5.74) is 3.16. The smallest absolute Gasteiger partial charge is 0.241 e. The van der Waals surface area contributed by atoms with E-state index in [0.717, 1.165) is 0 Å². The number of nitrogens with two attached hydrogens (primary N) is 1. The van der Waals surface area contributed by atoms with Gasteiger partial charge in [0.15, 0.2) is 29.0 Å². The molecule has 2 aromatic rings. The van der Waals surface area contributed by atoms with Gasteiger partial charge in [-0.25, -0.2) is 10.8 Å². The van der Waals surface area contributed by atoms with Gasteiger partial charge in [0.05, 0.1) is 6.33 Å². The molecular weight excluding hydrogens is 318 g/mol. The van der Waals surface area contributed by atoms with Crippen molar-refractivity contribution in [2.24, 2.45) is 5.84 Å². The fraction of sp³-hybridized carbons (Fsp3) is 0.538. The first-order chi connectivity index (χ1) is 11.5. The second-order valence-corrected chi connectivity index (χ2v) is 5.43. The summed E-state index contributed by atoms with van der Waals surface area (Å²) < 4.78 is 6.95. The highest BCUT2D eigenvalue weighted by atomic mass is 16.6. The Labute approximate surface area is 136 Å². The lowest BCUT2D eigenvalue weighted by Crippen LogP contribution is -2.34. The molecule has 130 valence electrons. The van der Waals surface area contributed by atoms with E-state index >= 15 is 0 Å². The lowest BCUT2D eigenvalue weighted by atomic mass is 10.1. The van der Waals surface area contributed by atoms with Crippen molar-refractivity contribution in [1.82, 2.24) is 19.5 Å². The molecule has 0 saturated carbocycles. The zero-order valence-electron chi connectivity index (χ0n) is 13.2. The highest BCUT2D eigenvalue weighted by Gasteiger charge is 2.46. The molecule has 0 spiro atoms. The Morgan fingerprint density at radius 2 is 2.17 bits per heavy atom. The number of hydrogen-bond acceptors (Lipinski definition) is 10. The molecule has 3 rings (SSSR count). The second kappa shape index (κ2) is 6.28. The summed E-state index contributed by atoms with van der Waals surface area (Å²) in [5.74, 6) is 5.63. The Balaban J connectivity index is 2.07. The highest BCUT2D eigenvalue weighted by molar-refractivity contribution is 5.84. The third-order valence-electron chi connectivity index (χ3n) is 3.81. The number of nitrogens with zero attached hydrogens (tertiary/aromatic N) is 4. The van der Waals surface area contributed by atoms with Crippen molar-refractivity contribution in [2.45, 2.75) is 38.4 Å². The van der Waals surface area contributed by atoms with Gasteiger partial charge in [0.1, 0.15) is 18.3 Å². The lowest BCUT2D eigenvalue weighted by Gasteiger charge is -2.16. The maximum absolute atomic E-state index is 11.5. The van der Waals surface area contributed by atoms with E-state index < -0.39 is 24.5 Å². The number of rotatable bonds is 5. The topological polar surface area (TPSA) is 160 Å². The quantitative estimate of drug-likeness (QED) is 0.329. The van der Waals surface area contributed by atoms with Crippen LogP contribution in [0, 0.1) is 0 Å². The number of aliphatic hydroxyl groups excluding tert-OH is 2. The van der Waals surface area contributed by atoms with Crippen molar-refractivity contribution in [2.75, 3.05) is 17.3 Å². The molecule has 4 atom stereocenters. The minimum atomic E-state index is -1.33. The van der Waals surface area contributed by atoms with E-state index in [1.165, 1.54) is 17.8 Å². The molecule has 0 amide bonds. The zero-order valence-corrected chi connectivity index (χ0v) is 13.2. The number of carbonyl (C=O) groups excluding carboxylic acids is 1. The number of imidazole rings is 1. The number of anilines is 2. The Kier molecular flexibility index (Phi) is 4.32. The van der Waals surface area contributed by atoms with Gasteiger partial charge in [-0.05, 0) is 13.8 Å². The molecule has 11 nitrogen and oxygen atoms in total.